The highest BCUT2D eigenvalue weighted by molar-refractivity contribution is 5.24. The molecule has 1 aromatic carbocycles. The van der Waals surface area contributed by atoms with E-state index in [9.17, 15) is 0 Å². The number of aryl methyl sites for hydroxylation is 1. The highest BCUT2D eigenvalue weighted by Crippen LogP contribution is 2.51. The van der Waals surface area contributed by atoms with Gasteiger partial charge in [0.05, 0.1) is 0 Å². The van der Waals surface area contributed by atoms with Gasteiger partial charge in [-0.2, -0.15) is 0 Å². The predicted octanol–water partition coefficient (Wildman–Crippen LogP) is 4.08. The minimum Gasteiger partial charge on any atom is -0.310 e. The second-order valence-corrected chi connectivity index (χ2v) is 6.03. The Balaban J connectivity index is 1.92. The Morgan fingerprint density at radius 3 is 2.47 bits per heavy atom. The molecule has 0 aromatic heterocycles. The SMILES string of the molecule is Cc1cccc(C(C)NCC2(C(C)C)CC2)c1. The summed E-state index contributed by atoms with van der Waals surface area (Å²) >= 11 is 0. The third kappa shape index (κ3) is 2.90. The second-order valence-electron chi connectivity index (χ2n) is 6.03. The average molecular weight is 231 g/mol. The number of rotatable bonds is 5. The van der Waals surface area contributed by atoms with Crippen LogP contribution in [0.25, 0.3) is 0 Å². The lowest BCUT2D eigenvalue weighted by Gasteiger charge is -2.23. The van der Waals surface area contributed by atoms with Crippen LogP contribution in [0.15, 0.2) is 24.3 Å². The molecule has 0 spiro atoms. The maximum Gasteiger partial charge on any atom is 0.0292 e. The molecule has 1 fully saturated rings. The molecule has 2 rings (SSSR count). The van der Waals surface area contributed by atoms with Gasteiger partial charge in [0, 0.05) is 12.6 Å². The Labute approximate surface area is 106 Å². The Morgan fingerprint density at radius 2 is 1.94 bits per heavy atom. The van der Waals surface area contributed by atoms with Gasteiger partial charge in [0.25, 0.3) is 0 Å². The van der Waals surface area contributed by atoms with Crippen LogP contribution in [0, 0.1) is 18.3 Å². The first-order valence-corrected chi connectivity index (χ1v) is 6.83. The van der Waals surface area contributed by atoms with Gasteiger partial charge in [0.2, 0.25) is 0 Å². The second kappa shape index (κ2) is 4.81. The summed E-state index contributed by atoms with van der Waals surface area (Å²) in [6.45, 7) is 10.3. The first kappa shape index (κ1) is 12.6. The molecule has 1 aliphatic carbocycles. The first-order chi connectivity index (χ1) is 8.03. The molecule has 0 bridgehead atoms. The van der Waals surface area contributed by atoms with E-state index >= 15 is 0 Å². The van der Waals surface area contributed by atoms with Gasteiger partial charge in [0.1, 0.15) is 0 Å². The number of benzene rings is 1. The lowest BCUT2D eigenvalue weighted by atomic mass is 9.92. The number of hydrogen-bond acceptors (Lipinski definition) is 1. The summed E-state index contributed by atoms with van der Waals surface area (Å²) in [4.78, 5) is 0. The highest BCUT2D eigenvalue weighted by Gasteiger charge is 2.44. The van der Waals surface area contributed by atoms with Gasteiger partial charge in [-0.1, -0.05) is 43.7 Å². The maximum atomic E-state index is 3.71. The van der Waals surface area contributed by atoms with Crippen LogP contribution in [0.1, 0.15) is 50.8 Å². The summed E-state index contributed by atoms with van der Waals surface area (Å²) in [5, 5.41) is 3.71. The largest absolute Gasteiger partial charge is 0.310 e. The molecule has 0 amide bonds. The third-order valence-corrected chi connectivity index (χ3v) is 4.42. The number of nitrogens with one attached hydrogen (secondary N) is 1. The topological polar surface area (TPSA) is 12.0 Å². The summed E-state index contributed by atoms with van der Waals surface area (Å²) in [5.74, 6) is 0.805. The van der Waals surface area contributed by atoms with E-state index in [2.05, 4.69) is 57.3 Å². The first-order valence-electron chi connectivity index (χ1n) is 6.83. The molecule has 1 aromatic rings. The predicted molar refractivity (Wildman–Crippen MR) is 74.1 cm³/mol. The molecule has 0 heterocycles. The normalized spacial score (nSPS) is 19.4. The van der Waals surface area contributed by atoms with E-state index < -0.39 is 0 Å². The van der Waals surface area contributed by atoms with Crippen LogP contribution in [0.5, 0.6) is 0 Å². The van der Waals surface area contributed by atoms with Crippen molar-refractivity contribution in [3.63, 3.8) is 0 Å². The van der Waals surface area contributed by atoms with Crippen molar-refractivity contribution in [1.82, 2.24) is 5.32 Å². The molecule has 1 nitrogen and oxygen atoms in total. The summed E-state index contributed by atoms with van der Waals surface area (Å²) in [6, 6.07) is 9.28. The van der Waals surface area contributed by atoms with Crippen LogP contribution < -0.4 is 5.32 Å². The van der Waals surface area contributed by atoms with Crippen molar-refractivity contribution < 1.29 is 0 Å². The van der Waals surface area contributed by atoms with Gasteiger partial charge < -0.3 is 5.32 Å². The zero-order valence-electron chi connectivity index (χ0n) is 11.6. The average Bonchev–Trinajstić information content (AvgIpc) is 3.07. The van der Waals surface area contributed by atoms with Crippen LogP contribution >= 0.6 is 0 Å². The van der Waals surface area contributed by atoms with E-state index in [1.54, 1.807) is 0 Å². The maximum absolute atomic E-state index is 3.71. The van der Waals surface area contributed by atoms with Crippen LogP contribution in [-0.4, -0.2) is 6.54 Å². The Kier molecular flexibility index (Phi) is 3.58. The van der Waals surface area contributed by atoms with Crippen molar-refractivity contribution in [3.05, 3.63) is 35.4 Å². The standard InChI is InChI=1S/C16H25N/c1-12(2)16(8-9-16)11-17-14(4)15-7-5-6-13(3)10-15/h5-7,10,12,14,17H,8-9,11H2,1-4H3. The van der Waals surface area contributed by atoms with Crippen molar-refractivity contribution in [1.29, 1.82) is 0 Å². The van der Waals surface area contributed by atoms with Crippen LogP contribution in [0.3, 0.4) is 0 Å². The van der Waals surface area contributed by atoms with Gasteiger partial charge in [0.15, 0.2) is 0 Å². The molecule has 0 radical (unpaired) electrons. The minimum atomic E-state index is 0.464. The molecule has 94 valence electrons. The highest BCUT2D eigenvalue weighted by atomic mass is 14.9. The molecule has 1 unspecified atom stereocenters. The number of hydrogen-bond donors (Lipinski definition) is 1. The van der Waals surface area contributed by atoms with E-state index in [0.717, 1.165) is 5.92 Å². The molecule has 1 saturated carbocycles. The Morgan fingerprint density at radius 1 is 1.24 bits per heavy atom. The fourth-order valence-electron chi connectivity index (χ4n) is 2.53. The fourth-order valence-corrected chi connectivity index (χ4v) is 2.53. The zero-order chi connectivity index (χ0) is 12.5. The molecule has 0 saturated heterocycles. The van der Waals surface area contributed by atoms with Crippen molar-refractivity contribution >= 4 is 0 Å². The molecule has 0 aliphatic heterocycles. The van der Waals surface area contributed by atoms with Gasteiger partial charge in [-0.25, -0.2) is 0 Å². The third-order valence-electron chi connectivity index (χ3n) is 4.42. The van der Waals surface area contributed by atoms with E-state index in [1.807, 2.05) is 0 Å². The van der Waals surface area contributed by atoms with Gasteiger partial charge >= 0.3 is 0 Å². The lowest BCUT2D eigenvalue weighted by Crippen LogP contribution is -2.29. The fraction of sp³-hybridized carbons (Fsp3) is 0.625. The van der Waals surface area contributed by atoms with E-state index in [4.69, 9.17) is 0 Å². The summed E-state index contributed by atoms with van der Waals surface area (Å²) in [5.41, 5.74) is 3.35. The van der Waals surface area contributed by atoms with Crippen molar-refractivity contribution in [2.45, 2.75) is 46.6 Å². The van der Waals surface area contributed by atoms with Crippen LogP contribution in [0.2, 0.25) is 0 Å². The Bertz CT molecular complexity index is 377. The molecule has 1 N–H and O–H groups in total. The summed E-state index contributed by atoms with van der Waals surface area (Å²) in [7, 11) is 0. The zero-order valence-corrected chi connectivity index (χ0v) is 11.6. The van der Waals surface area contributed by atoms with Crippen molar-refractivity contribution in [2.75, 3.05) is 6.54 Å². The minimum absolute atomic E-state index is 0.464. The van der Waals surface area contributed by atoms with Crippen molar-refractivity contribution in [3.8, 4) is 0 Å². The van der Waals surface area contributed by atoms with Crippen molar-refractivity contribution in [2.24, 2.45) is 11.3 Å². The molecular weight excluding hydrogens is 206 g/mol. The van der Waals surface area contributed by atoms with Crippen LogP contribution in [-0.2, 0) is 0 Å². The molecule has 1 atom stereocenters. The van der Waals surface area contributed by atoms with Gasteiger partial charge in [-0.3, -0.25) is 0 Å². The smallest absolute Gasteiger partial charge is 0.0292 e. The van der Waals surface area contributed by atoms with Crippen LogP contribution in [0.4, 0.5) is 0 Å². The van der Waals surface area contributed by atoms with E-state index in [1.165, 1.54) is 30.5 Å². The molecule has 17 heavy (non-hydrogen) atoms. The summed E-state index contributed by atoms with van der Waals surface area (Å²) in [6.07, 6.45) is 2.80. The summed E-state index contributed by atoms with van der Waals surface area (Å²) < 4.78 is 0. The monoisotopic (exact) mass is 231 g/mol. The quantitative estimate of drug-likeness (QED) is 0.805. The lowest BCUT2D eigenvalue weighted by molar-refractivity contribution is 0.325. The van der Waals surface area contributed by atoms with Gasteiger partial charge in [-0.05, 0) is 43.6 Å². The molecule has 1 heteroatoms. The molecular formula is C16H25N. The van der Waals surface area contributed by atoms with E-state index in [0.29, 0.717) is 11.5 Å². The van der Waals surface area contributed by atoms with Gasteiger partial charge in [-0.15, -0.1) is 0 Å². The molecule has 1 aliphatic rings. The Hall–Kier alpha value is -0.820. The van der Waals surface area contributed by atoms with E-state index in [-0.39, 0.29) is 0 Å².